The zero-order valence-electron chi connectivity index (χ0n) is 39.3. The highest BCUT2D eigenvalue weighted by molar-refractivity contribution is 5.78. The van der Waals surface area contributed by atoms with Crippen LogP contribution in [-0.4, -0.2) is 139 Å². The number of fused-ring (bicyclic) bond motifs is 2. The molecule has 360 valence electrons. The third-order valence-electron chi connectivity index (χ3n) is 15.8. The summed E-state index contributed by atoms with van der Waals surface area (Å²) in [7, 11) is 3.24. The molecule has 0 amide bonds. The summed E-state index contributed by atoms with van der Waals surface area (Å²) in [5, 5.41) is 34.4. The molecule has 3 N–H and O–H groups in total. The average molecular weight is 901 g/mol. The largest absolute Gasteiger partial charge is 0.462 e. The second-order valence-corrected chi connectivity index (χ2v) is 20.4. The Bertz CT molecular complexity index is 1740. The molecule has 8 aliphatic rings. The summed E-state index contributed by atoms with van der Waals surface area (Å²) in [5.74, 6) is -1.86. The van der Waals surface area contributed by atoms with Crippen molar-refractivity contribution in [1.29, 1.82) is 0 Å². The molecule has 8 rings (SSSR count). The van der Waals surface area contributed by atoms with Gasteiger partial charge < -0.3 is 62.7 Å². The predicted molar refractivity (Wildman–Crippen MR) is 235 cm³/mol. The first-order chi connectivity index (χ1) is 30.6. The number of aliphatic hydroxyl groups is 3. The number of esters is 1. The van der Waals surface area contributed by atoms with Gasteiger partial charge in [-0.3, -0.25) is 4.79 Å². The van der Waals surface area contributed by atoms with Crippen molar-refractivity contribution in [1.82, 2.24) is 0 Å². The van der Waals surface area contributed by atoms with Gasteiger partial charge >= 0.3 is 5.97 Å². The molecule has 5 saturated heterocycles. The Morgan fingerprint density at radius 1 is 0.828 bits per heavy atom. The van der Waals surface area contributed by atoms with Crippen LogP contribution in [0.25, 0.3) is 0 Å². The molecular weight excluding hydrogens is 825 g/mol. The number of hydrogen-bond acceptors (Lipinski definition) is 14. The highest BCUT2D eigenvalue weighted by atomic mass is 16.7. The summed E-state index contributed by atoms with van der Waals surface area (Å²) < 4.78 is 64.4. The van der Waals surface area contributed by atoms with Crippen LogP contribution < -0.4 is 0 Å². The number of methoxy groups -OCH3 is 2. The maximum atomic E-state index is 14.5. The lowest BCUT2D eigenvalue weighted by atomic mass is 9.71. The van der Waals surface area contributed by atoms with Gasteiger partial charge in [0, 0.05) is 52.2 Å². The molecule has 0 aromatic heterocycles. The van der Waals surface area contributed by atoms with Gasteiger partial charge in [0.2, 0.25) is 0 Å². The van der Waals surface area contributed by atoms with Crippen molar-refractivity contribution in [3.63, 3.8) is 0 Å². The van der Waals surface area contributed by atoms with Crippen molar-refractivity contribution in [3.05, 3.63) is 47.1 Å². The molecule has 6 fully saturated rings. The minimum Gasteiger partial charge on any atom is -0.462 e. The summed E-state index contributed by atoms with van der Waals surface area (Å²) in [4.78, 5) is 14.5. The van der Waals surface area contributed by atoms with Crippen molar-refractivity contribution >= 4 is 5.97 Å². The predicted octanol–water partition coefficient (Wildman–Crippen LogP) is 6.14. The van der Waals surface area contributed by atoms with Crippen molar-refractivity contribution < 1.29 is 67.5 Å². The smallest absolute Gasteiger partial charge is 0.316 e. The van der Waals surface area contributed by atoms with Crippen molar-refractivity contribution in [2.45, 2.75) is 216 Å². The molecule has 2 bridgehead atoms. The maximum absolute atomic E-state index is 14.5. The van der Waals surface area contributed by atoms with Gasteiger partial charge in [-0.15, -0.1) is 0 Å². The molecule has 14 nitrogen and oxygen atoms in total. The molecule has 0 aromatic rings. The van der Waals surface area contributed by atoms with Crippen LogP contribution in [0.2, 0.25) is 0 Å². The summed E-state index contributed by atoms with van der Waals surface area (Å²) in [6, 6.07) is 0. The van der Waals surface area contributed by atoms with Gasteiger partial charge in [0.1, 0.15) is 42.0 Å². The molecule has 19 atom stereocenters. The molecule has 1 spiro atoms. The van der Waals surface area contributed by atoms with E-state index in [1.807, 2.05) is 19.1 Å². The third kappa shape index (κ3) is 9.92. The van der Waals surface area contributed by atoms with Crippen molar-refractivity contribution in [3.8, 4) is 0 Å². The number of rotatable bonds is 7. The van der Waals surface area contributed by atoms with Crippen LogP contribution in [0.5, 0.6) is 0 Å². The molecule has 64 heavy (non-hydrogen) atoms. The van der Waals surface area contributed by atoms with E-state index in [-0.39, 0.29) is 30.8 Å². The average Bonchev–Trinajstić information content (AvgIpc) is 3.62. The fourth-order valence-corrected chi connectivity index (χ4v) is 12.1. The van der Waals surface area contributed by atoms with Crippen LogP contribution in [0.4, 0.5) is 0 Å². The van der Waals surface area contributed by atoms with E-state index >= 15 is 0 Å². The van der Waals surface area contributed by atoms with Crippen molar-refractivity contribution in [2.75, 3.05) is 20.8 Å². The van der Waals surface area contributed by atoms with Gasteiger partial charge in [0.15, 0.2) is 18.4 Å². The number of carbonyl (C=O) groups is 1. The maximum Gasteiger partial charge on any atom is 0.316 e. The van der Waals surface area contributed by atoms with Crippen LogP contribution in [0.3, 0.4) is 0 Å². The van der Waals surface area contributed by atoms with Crippen LogP contribution in [0.15, 0.2) is 47.1 Å². The third-order valence-corrected chi connectivity index (χ3v) is 15.8. The zero-order chi connectivity index (χ0) is 45.5. The number of carbonyl (C=O) groups excluding carboxylic acids is 1. The summed E-state index contributed by atoms with van der Waals surface area (Å²) in [6.07, 6.45) is 11.9. The molecule has 0 radical (unpaired) electrons. The highest BCUT2D eigenvalue weighted by Crippen LogP contribution is 2.49. The van der Waals surface area contributed by atoms with E-state index in [2.05, 4.69) is 26.8 Å². The number of hydrogen-bond donors (Lipinski definition) is 3. The monoisotopic (exact) mass is 901 g/mol. The Balaban J connectivity index is 1.08. The summed E-state index contributed by atoms with van der Waals surface area (Å²) in [5.41, 5.74) is 0.221. The first-order valence-electron chi connectivity index (χ1n) is 24.3. The highest BCUT2D eigenvalue weighted by Gasteiger charge is 2.60. The molecule has 0 unspecified atom stereocenters. The standard InChI is InChI=1S/C50H76O14/c1-27-13-12-16-34-26-57-47-42(51)30(4)21-37(50(34,47)54)48(53)60-36-22-35(63-49(25-36)20-19-29(3)45(64-49)33-14-10-9-11-15-33)18-17-28(2)44(27)61-41-24-39(56-8)46(32(6)59-41)62-40-23-38(55-7)43(52)31(5)58-40/h12-13,16-17,21,27,29,31-33,35-47,51-52,54H,9-11,14-15,18-20,22-26H2,1-8H3/b13-12+,28-17+,34-16+/t27-,29-,31-,32-,35+,36-,37-,38-,39-,40-,41-,42+,43-,44-,45-,46-,47+,49+,50+/m0/s1. The van der Waals surface area contributed by atoms with Crippen LogP contribution in [0.1, 0.15) is 119 Å². The van der Waals surface area contributed by atoms with E-state index in [0.717, 1.165) is 24.8 Å². The molecule has 2 aliphatic carbocycles. The normalized spacial score (nSPS) is 49.5. The number of ether oxygens (including phenoxy) is 10. The minimum absolute atomic E-state index is 0.0463. The van der Waals surface area contributed by atoms with Crippen LogP contribution in [0, 0.1) is 23.7 Å². The second kappa shape index (κ2) is 20.3. The first kappa shape index (κ1) is 48.4. The van der Waals surface area contributed by atoms with E-state index in [9.17, 15) is 20.1 Å². The Morgan fingerprint density at radius 2 is 1.55 bits per heavy atom. The van der Waals surface area contributed by atoms with E-state index < -0.39 is 90.8 Å². The fraction of sp³-hybridized carbons (Fsp3) is 0.820. The molecular formula is C50H76O14. The lowest BCUT2D eigenvalue weighted by Gasteiger charge is -2.51. The lowest BCUT2D eigenvalue weighted by Crippen LogP contribution is -2.58. The van der Waals surface area contributed by atoms with E-state index in [1.165, 1.54) is 19.3 Å². The van der Waals surface area contributed by atoms with E-state index in [0.29, 0.717) is 61.5 Å². The number of allylic oxidation sites excluding steroid dienone is 2. The Morgan fingerprint density at radius 3 is 2.30 bits per heavy atom. The second-order valence-electron chi connectivity index (χ2n) is 20.4. The van der Waals surface area contributed by atoms with Gasteiger partial charge in [-0.25, -0.2) is 0 Å². The molecule has 1 saturated carbocycles. The first-order valence-corrected chi connectivity index (χ1v) is 24.3. The quantitative estimate of drug-likeness (QED) is 0.197. The van der Waals surface area contributed by atoms with Crippen LogP contribution in [-0.2, 0) is 52.2 Å². The Labute approximate surface area is 379 Å². The SMILES string of the molecule is CO[C@H]1C[C@H](O[C@H]2[C@H](C)O[C@@H](O[C@@H]3/C(C)=C/C[C@@H]4C[C@@H](C[C@]5(CC[C@H](C)[C@@H](C6CCCCC6)O5)O4)OC(=O)[C@@H]4C=C(C)[C@@H](O)[C@H]5OC/C(=C\C=C\[C@@H]3C)[C@]54O)C[C@@H]2OC)O[C@@H](C)[C@@H]1O. The van der Waals surface area contributed by atoms with E-state index in [1.54, 1.807) is 40.2 Å². The lowest BCUT2D eigenvalue weighted by molar-refractivity contribution is -0.342. The molecule has 14 heteroatoms. The minimum atomic E-state index is -1.82. The Hall–Kier alpha value is -2.05. The van der Waals surface area contributed by atoms with Gasteiger partial charge in [0.05, 0.1) is 49.3 Å². The van der Waals surface area contributed by atoms with Crippen LogP contribution >= 0.6 is 0 Å². The molecule has 6 aliphatic heterocycles. The summed E-state index contributed by atoms with van der Waals surface area (Å²) >= 11 is 0. The van der Waals surface area contributed by atoms with Gasteiger partial charge in [0.25, 0.3) is 0 Å². The van der Waals surface area contributed by atoms with Gasteiger partial charge in [-0.05, 0) is 81.9 Å². The van der Waals surface area contributed by atoms with Gasteiger partial charge in [-0.2, -0.15) is 0 Å². The topological polar surface area (TPSA) is 170 Å². The fourth-order valence-electron chi connectivity index (χ4n) is 12.1. The van der Waals surface area contributed by atoms with E-state index in [4.69, 9.17) is 47.4 Å². The van der Waals surface area contributed by atoms with Gasteiger partial charge in [-0.1, -0.05) is 63.5 Å². The zero-order valence-corrected chi connectivity index (χ0v) is 39.3. The molecule has 0 aromatic carbocycles. The van der Waals surface area contributed by atoms with Crippen molar-refractivity contribution in [2.24, 2.45) is 23.7 Å². The summed E-state index contributed by atoms with van der Waals surface area (Å²) in [6.45, 7) is 12.0. The molecule has 6 heterocycles. The Kier molecular flexibility index (Phi) is 15.3. The number of aliphatic hydroxyl groups excluding tert-OH is 2.